The molecule has 1 atom stereocenters. The van der Waals surface area contributed by atoms with Gasteiger partial charge in [0.2, 0.25) is 5.91 Å². The molecule has 2 aliphatic rings. The van der Waals surface area contributed by atoms with Crippen LogP contribution in [0.15, 0.2) is 18.3 Å². The third-order valence-corrected chi connectivity index (χ3v) is 5.32. The highest BCUT2D eigenvalue weighted by Gasteiger charge is 2.27. The maximum atomic E-state index is 12.5. The van der Waals surface area contributed by atoms with Crippen molar-refractivity contribution in [1.29, 1.82) is 0 Å². The first-order valence-electron chi connectivity index (χ1n) is 8.97. The first-order valence-corrected chi connectivity index (χ1v) is 9.35. The van der Waals surface area contributed by atoms with Crippen molar-refractivity contribution in [2.45, 2.75) is 32.2 Å². The van der Waals surface area contributed by atoms with E-state index in [1.807, 2.05) is 9.80 Å². The summed E-state index contributed by atoms with van der Waals surface area (Å²) in [5.41, 5.74) is 0.562. The number of carbonyl (C=O) groups excluding carboxylic acids is 2. The number of halogens is 1. The smallest absolute Gasteiger partial charge is 0.254 e. The molecule has 2 fully saturated rings. The molecule has 136 valence electrons. The first kappa shape index (κ1) is 18.1. The molecule has 6 nitrogen and oxygen atoms in total. The number of rotatable bonds is 3. The van der Waals surface area contributed by atoms with Crippen molar-refractivity contribution in [3.05, 3.63) is 29.0 Å². The largest absolute Gasteiger partial charge is 0.339 e. The maximum Gasteiger partial charge on any atom is 0.254 e. The molecule has 2 aliphatic heterocycles. The van der Waals surface area contributed by atoms with Crippen molar-refractivity contribution >= 4 is 23.4 Å². The lowest BCUT2D eigenvalue weighted by molar-refractivity contribution is -0.136. The zero-order valence-electron chi connectivity index (χ0n) is 14.7. The Hall–Kier alpha value is -1.66. The van der Waals surface area contributed by atoms with Gasteiger partial charge in [0, 0.05) is 50.5 Å². The molecular weight excluding hydrogens is 340 g/mol. The van der Waals surface area contributed by atoms with Gasteiger partial charge in [0.15, 0.2) is 0 Å². The van der Waals surface area contributed by atoms with Crippen LogP contribution in [0, 0.1) is 0 Å². The van der Waals surface area contributed by atoms with Crippen LogP contribution in [0.4, 0.5) is 0 Å². The molecule has 1 aromatic heterocycles. The quantitative estimate of drug-likeness (QED) is 0.769. The monoisotopic (exact) mass is 364 g/mol. The first-order chi connectivity index (χ1) is 12.0. The standard InChI is InChI=1S/C18H25ClN4O2/c1-14-4-2-3-7-23(14)17(24)13-21-8-10-22(11-9-21)18(25)15-5-6-20-16(19)12-15/h5-6,12,14H,2-4,7-11,13H2,1H3. The van der Waals surface area contributed by atoms with Crippen LogP contribution in [0.25, 0.3) is 0 Å². The summed E-state index contributed by atoms with van der Waals surface area (Å²) in [6, 6.07) is 3.62. The van der Waals surface area contributed by atoms with Crippen LogP contribution < -0.4 is 0 Å². The predicted octanol–water partition coefficient (Wildman–Crippen LogP) is 1.89. The molecule has 0 spiro atoms. The van der Waals surface area contributed by atoms with Gasteiger partial charge in [-0.25, -0.2) is 4.98 Å². The van der Waals surface area contributed by atoms with Gasteiger partial charge in [0.05, 0.1) is 6.54 Å². The van der Waals surface area contributed by atoms with Crippen LogP contribution in [0.5, 0.6) is 0 Å². The maximum absolute atomic E-state index is 12.5. The minimum absolute atomic E-state index is 0.0278. The molecule has 25 heavy (non-hydrogen) atoms. The highest BCUT2D eigenvalue weighted by molar-refractivity contribution is 6.29. The Labute approximate surface area is 153 Å². The third-order valence-electron chi connectivity index (χ3n) is 5.12. The Bertz CT molecular complexity index is 631. The highest BCUT2D eigenvalue weighted by Crippen LogP contribution is 2.17. The summed E-state index contributed by atoms with van der Waals surface area (Å²) in [6.07, 6.45) is 4.96. The van der Waals surface area contributed by atoms with Crippen LogP contribution in [0.2, 0.25) is 5.15 Å². The van der Waals surface area contributed by atoms with E-state index in [1.54, 1.807) is 18.3 Å². The minimum Gasteiger partial charge on any atom is -0.339 e. The van der Waals surface area contributed by atoms with E-state index in [0.717, 1.165) is 32.5 Å². The van der Waals surface area contributed by atoms with E-state index in [9.17, 15) is 9.59 Å². The number of carbonyl (C=O) groups is 2. The summed E-state index contributed by atoms with van der Waals surface area (Å²) >= 11 is 5.86. The second-order valence-corrected chi connectivity index (χ2v) is 7.25. The number of hydrogen-bond donors (Lipinski definition) is 0. The molecule has 7 heteroatoms. The molecule has 0 aromatic carbocycles. The molecule has 1 unspecified atom stereocenters. The lowest BCUT2D eigenvalue weighted by Crippen LogP contribution is -2.53. The van der Waals surface area contributed by atoms with Gasteiger partial charge in [0.25, 0.3) is 5.91 Å². The lowest BCUT2D eigenvalue weighted by Gasteiger charge is -2.38. The average molecular weight is 365 g/mol. The number of likely N-dealkylation sites (tertiary alicyclic amines) is 1. The van der Waals surface area contributed by atoms with E-state index in [4.69, 9.17) is 11.6 Å². The van der Waals surface area contributed by atoms with Crippen LogP contribution in [0.1, 0.15) is 36.5 Å². The molecule has 0 bridgehead atoms. The molecule has 0 saturated carbocycles. The summed E-state index contributed by atoms with van der Waals surface area (Å²) in [5.74, 6) is 0.188. The van der Waals surface area contributed by atoms with Crippen LogP contribution in [-0.4, -0.2) is 76.8 Å². The summed E-state index contributed by atoms with van der Waals surface area (Å²) in [6.45, 7) is 6.16. The second-order valence-electron chi connectivity index (χ2n) is 6.87. The van der Waals surface area contributed by atoms with Crippen molar-refractivity contribution < 1.29 is 9.59 Å². The van der Waals surface area contributed by atoms with Gasteiger partial charge >= 0.3 is 0 Å². The van der Waals surface area contributed by atoms with Gasteiger partial charge in [-0.15, -0.1) is 0 Å². The Morgan fingerprint density at radius 2 is 1.96 bits per heavy atom. The molecule has 1 aromatic rings. The van der Waals surface area contributed by atoms with Crippen molar-refractivity contribution in [3.8, 4) is 0 Å². The lowest BCUT2D eigenvalue weighted by atomic mass is 10.0. The van der Waals surface area contributed by atoms with E-state index in [0.29, 0.717) is 36.4 Å². The fourth-order valence-electron chi connectivity index (χ4n) is 3.58. The SMILES string of the molecule is CC1CCCCN1C(=O)CN1CCN(C(=O)c2ccnc(Cl)c2)CC1. The van der Waals surface area contributed by atoms with Gasteiger partial charge in [-0.2, -0.15) is 0 Å². The average Bonchev–Trinajstić information content (AvgIpc) is 2.62. The second kappa shape index (κ2) is 8.15. The zero-order chi connectivity index (χ0) is 17.8. The number of piperidine rings is 1. The van der Waals surface area contributed by atoms with E-state index in [-0.39, 0.29) is 11.8 Å². The van der Waals surface area contributed by atoms with Crippen molar-refractivity contribution in [2.75, 3.05) is 39.3 Å². The zero-order valence-corrected chi connectivity index (χ0v) is 15.4. The van der Waals surface area contributed by atoms with E-state index < -0.39 is 0 Å². The minimum atomic E-state index is -0.0278. The summed E-state index contributed by atoms with van der Waals surface area (Å²) in [7, 11) is 0. The molecule has 0 radical (unpaired) electrons. The van der Waals surface area contributed by atoms with Crippen molar-refractivity contribution in [3.63, 3.8) is 0 Å². The molecular formula is C18H25ClN4O2. The Morgan fingerprint density at radius 3 is 2.64 bits per heavy atom. The van der Waals surface area contributed by atoms with Gasteiger partial charge in [-0.05, 0) is 38.3 Å². The molecule has 2 amide bonds. The van der Waals surface area contributed by atoms with Crippen LogP contribution in [0.3, 0.4) is 0 Å². The number of amides is 2. The topological polar surface area (TPSA) is 56.8 Å². The van der Waals surface area contributed by atoms with Crippen LogP contribution >= 0.6 is 11.6 Å². The van der Waals surface area contributed by atoms with Crippen LogP contribution in [-0.2, 0) is 4.79 Å². The molecule has 0 aliphatic carbocycles. The summed E-state index contributed by atoms with van der Waals surface area (Å²) in [4.78, 5) is 34.9. The number of pyridine rings is 1. The van der Waals surface area contributed by atoms with Gasteiger partial charge in [-0.3, -0.25) is 14.5 Å². The van der Waals surface area contributed by atoms with E-state index >= 15 is 0 Å². The fourth-order valence-corrected chi connectivity index (χ4v) is 3.75. The number of piperazine rings is 1. The van der Waals surface area contributed by atoms with E-state index in [2.05, 4.69) is 16.8 Å². The van der Waals surface area contributed by atoms with E-state index in [1.165, 1.54) is 6.42 Å². The van der Waals surface area contributed by atoms with Gasteiger partial charge in [-0.1, -0.05) is 11.6 Å². The number of hydrogen-bond acceptors (Lipinski definition) is 4. The predicted molar refractivity (Wildman–Crippen MR) is 96.6 cm³/mol. The highest BCUT2D eigenvalue weighted by atomic mass is 35.5. The Kier molecular flexibility index (Phi) is 5.91. The molecule has 0 N–H and O–H groups in total. The fraction of sp³-hybridized carbons (Fsp3) is 0.611. The summed E-state index contributed by atoms with van der Waals surface area (Å²) < 4.78 is 0. The summed E-state index contributed by atoms with van der Waals surface area (Å²) in [5, 5.41) is 0.325. The molecule has 2 saturated heterocycles. The van der Waals surface area contributed by atoms with Gasteiger partial charge < -0.3 is 9.80 Å². The number of nitrogens with zero attached hydrogens (tertiary/aromatic N) is 4. The third kappa shape index (κ3) is 4.50. The molecule has 3 heterocycles. The number of aromatic nitrogens is 1. The van der Waals surface area contributed by atoms with Crippen molar-refractivity contribution in [1.82, 2.24) is 19.7 Å². The Balaban J connectivity index is 1.50. The Morgan fingerprint density at radius 1 is 1.20 bits per heavy atom. The van der Waals surface area contributed by atoms with Crippen molar-refractivity contribution in [2.24, 2.45) is 0 Å². The normalized spacial score (nSPS) is 22.1. The van der Waals surface area contributed by atoms with Gasteiger partial charge in [0.1, 0.15) is 5.15 Å². The molecule has 3 rings (SSSR count).